The van der Waals surface area contributed by atoms with E-state index in [0.717, 1.165) is 69.6 Å². The van der Waals surface area contributed by atoms with Crippen LogP contribution in [0.15, 0.2) is 48.5 Å². The minimum absolute atomic E-state index is 0.134. The first-order valence-electron chi connectivity index (χ1n) is 14.7. The van der Waals surface area contributed by atoms with Gasteiger partial charge in [0.05, 0.1) is 13.2 Å². The van der Waals surface area contributed by atoms with Crippen molar-refractivity contribution in [1.29, 1.82) is 0 Å². The van der Waals surface area contributed by atoms with Crippen molar-refractivity contribution in [3.05, 3.63) is 59.7 Å². The fourth-order valence-electron chi connectivity index (χ4n) is 5.63. The van der Waals surface area contributed by atoms with E-state index in [9.17, 15) is 22.8 Å². The van der Waals surface area contributed by atoms with Crippen molar-refractivity contribution in [2.75, 3.05) is 57.8 Å². The van der Waals surface area contributed by atoms with Crippen molar-refractivity contribution in [2.45, 2.75) is 51.9 Å². The van der Waals surface area contributed by atoms with Crippen LogP contribution in [0.3, 0.4) is 0 Å². The van der Waals surface area contributed by atoms with Crippen LogP contribution in [0.2, 0.25) is 0 Å². The summed E-state index contributed by atoms with van der Waals surface area (Å²) in [5.41, 5.74) is 1.94. The van der Waals surface area contributed by atoms with Crippen LogP contribution in [-0.2, 0) is 11.2 Å². The number of morpholine rings is 1. The second-order valence-corrected chi connectivity index (χ2v) is 11.1. The van der Waals surface area contributed by atoms with Crippen molar-refractivity contribution in [3.8, 4) is 5.75 Å². The Kier molecular flexibility index (Phi) is 11.1. The second-order valence-electron chi connectivity index (χ2n) is 11.1. The molecule has 2 aliphatic heterocycles. The van der Waals surface area contributed by atoms with Crippen molar-refractivity contribution < 1.29 is 32.2 Å². The largest absolute Gasteiger partial charge is 0.573 e. The van der Waals surface area contributed by atoms with Gasteiger partial charge < -0.3 is 29.5 Å². The van der Waals surface area contributed by atoms with Gasteiger partial charge in [-0.3, -0.25) is 4.79 Å². The van der Waals surface area contributed by atoms with Gasteiger partial charge in [0.1, 0.15) is 5.75 Å². The number of hydrogen-bond acceptors (Lipinski definition) is 5. The Morgan fingerprint density at radius 3 is 2.36 bits per heavy atom. The molecule has 8 nitrogen and oxygen atoms in total. The van der Waals surface area contributed by atoms with E-state index >= 15 is 0 Å². The Morgan fingerprint density at radius 2 is 1.71 bits per heavy atom. The number of nitrogens with one attached hydrogen (secondary N) is 1. The second kappa shape index (κ2) is 14.7. The lowest BCUT2D eigenvalue weighted by molar-refractivity contribution is -0.274. The first-order valence-corrected chi connectivity index (χ1v) is 14.7. The Hall–Kier alpha value is -3.31. The predicted octanol–water partition coefficient (Wildman–Crippen LogP) is 5.64. The highest BCUT2D eigenvalue weighted by Crippen LogP contribution is 2.24. The number of halogens is 3. The van der Waals surface area contributed by atoms with Gasteiger partial charge in [0, 0.05) is 50.0 Å². The Labute approximate surface area is 245 Å². The van der Waals surface area contributed by atoms with Gasteiger partial charge in [-0.2, -0.15) is 0 Å². The maximum absolute atomic E-state index is 12.8. The standard InChI is InChI=1S/C31H41F3N4O4/c1-3-13-38(22-24-11-14-36(15-12-24)30(40)37-16-18-41-19-17-37)23(2)20-25-5-4-6-27(21-25)35-29(39)26-7-9-28(10-8-26)42-31(32,33)34/h4-10,21,23-24H,3,11-20,22H2,1-2H3,(H,35,39). The number of anilines is 1. The van der Waals surface area contributed by atoms with Crippen molar-refractivity contribution in [3.63, 3.8) is 0 Å². The molecule has 2 heterocycles. The molecule has 1 N–H and O–H groups in total. The number of likely N-dealkylation sites (tertiary alicyclic amines) is 1. The fraction of sp³-hybridized carbons (Fsp3) is 0.548. The molecule has 1 unspecified atom stereocenters. The van der Waals surface area contributed by atoms with Gasteiger partial charge in [-0.15, -0.1) is 13.2 Å². The molecule has 11 heteroatoms. The summed E-state index contributed by atoms with van der Waals surface area (Å²) in [5, 5.41) is 2.84. The molecule has 0 bridgehead atoms. The molecule has 42 heavy (non-hydrogen) atoms. The molecule has 2 aliphatic rings. The van der Waals surface area contributed by atoms with E-state index in [1.807, 2.05) is 28.0 Å². The third kappa shape index (κ3) is 9.35. The third-order valence-electron chi connectivity index (χ3n) is 7.86. The van der Waals surface area contributed by atoms with Gasteiger partial charge in [-0.1, -0.05) is 19.1 Å². The van der Waals surface area contributed by atoms with E-state index < -0.39 is 12.3 Å². The smallest absolute Gasteiger partial charge is 0.406 e. The summed E-state index contributed by atoms with van der Waals surface area (Å²) >= 11 is 0. The van der Waals surface area contributed by atoms with E-state index in [1.54, 1.807) is 6.07 Å². The summed E-state index contributed by atoms with van der Waals surface area (Å²) in [6.45, 7) is 10.5. The molecule has 0 aliphatic carbocycles. The molecule has 0 saturated carbocycles. The summed E-state index contributed by atoms with van der Waals surface area (Å²) in [6.07, 6.45) is -0.944. The quantitative estimate of drug-likeness (QED) is 0.388. The molecular formula is C31H41F3N4O4. The number of rotatable bonds is 10. The van der Waals surface area contributed by atoms with Crippen molar-refractivity contribution in [1.82, 2.24) is 14.7 Å². The highest BCUT2D eigenvalue weighted by molar-refractivity contribution is 6.04. The van der Waals surface area contributed by atoms with Gasteiger partial charge in [0.25, 0.3) is 5.91 Å². The predicted molar refractivity (Wildman–Crippen MR) is 155 cm³/mol. The van der Waals surface area contributed by atoms with Gasteiger partial charge in [-0.05, 0) is 87.0 Å². The highest BCUT2D eigenvalue weighted by atomic mass is 19.4. The molecule has 4 rings (SSSR count). The molecule has 0 spiro atoms. The first kappa shape index (κ1) is 31.6. The molecular weight excluding hydrogens is 549 g/mol. The van der Waals surface area contributed by atoms with E-state index in [-0.39, 0.29) is 23.4 Å². The molecule has 2 aromatic rings. The molecule has 3 amide bonds. The molecule has 230 valence electrons. The average molecular weight is 591 g/mol. The zero-order chi connectivity index (χ0) is 30.1. The minimum atomic E-state index is -4.78. The number of ether oxygens (including phenoxy) is 2. The first-order chi connectivity index (χ1) is 20.1. The summed E-state index contributed by atoms with van der Waals surface area (Å²) in [7, 11) is 0. The van der Waals surface area contributed by atoms with Gasteiger partial charge >= 0.3 is 12.4 Å². The molecule has 2 aromatic carbocycles. The zero-order valence-electron chi connectivity index (χ0n) is 24.4. The van der Waals surface area contributed by atoms with E-state index in [2.05, 4.69) is 28.8 Å². The Balaban J connectivity index is 1.28. The number of carbonyl (C=O) groups excluding carboxylic acids is 2. The summed E-state index contributed by atoms with van der Waals surface area (Å²) < 4.78 is 46.5. The number of urea groups is 1. The Morgan fingerprint density at radius 1 is 1.05 bits per heavy atom. The van der Waals surface area contributed by atoms with Crippen LogP contribution in [0.25, 0.3) is 0 Å². The number of benzene rings is 2. The molecule has 1 atom stereocenters. The van der Waals surface area contributed by atoms with Crippen LogP contribution in [0, 0.1) is 5.92 Å². The van der Waals surface area contributed by atoms with Crippen LogP contribution in [0.5, 0.6) is 5.75 Å². The van der Waals surface area contributed by atoms with Gasteiger partial charge in [0.15, 0.2) is 0 Å². The molecule has 0 aromatic heterocycles. The van der Waals surface area contributed by atoms with Crippen molar-refractivity contribution in [2.24, 2.45) is 5.92 Å². The van der Waals surface area contributed by atoms with Crippen molar-refractivity contribution >= 4 is 17.6 Å². The lowest BCUT2D eigenvalue weighted by atomic mass is 9.95. The third-order valence-corrected chi connectivity index (χ3v) is 7.86. The molecule has 2 fully saturated rings. The topological polar surface area (TPSA) is 74.4 Å². The number of amides is 3. The maximum atomic E-state index is 12.8. The number of piperidine rings is 1. The summed E-state index contributed by atoms with van der Waals surface area (Å²) in [6, 6.07) is 12.9. The minimum Gasteiger partial charge on any atom is -0.406 e. The normalized spacial score (nSPS) is 17.3. The van der Waals surface area contributed by atoms with Crippen LogP contribution in [-0.4, -0.2) is 91.5 Å². The number of nitrogens with zero attached hydrogens (tertiary/aromatic N) is 3. The zero-order valence-corrected chi connectivity index (χ0v) is 24.4. The van der Waals surface area contributed by atoms with Crippen LogP contribution >= 0.6 is 0 Å². The lowest BCUT2D eigenvalue weighted by Crippen LogP contribution is -2.51. The SMILES string of the molecule is CCCN(CC1CCN(C(=O)N2CCOCC2)CC1)C(C)Cc1cccc(NC(=O)c2ccc(OC(F)(F)F)cc2)c1. The number of alkyl halides is 3. The maximum Gasteiger partial charge on any atom is 0.573 e. The molecule has 2 saturated heterocycles. The van der Waals surface area contributed by atoms with E-state index in [0.29, 0.717) is 37.9 Å². The van der Waals surface area contributed by atoms with Crippen LogP contribution < -0.4 is 10.1 Å². The average Bonchev–Trinajstić information content (AvgIpc) is 2.97. The monoisotopic (exact) mass is 590 g/mol. The van der Waals surface area contributed by atoms with E-state index in [4.69, 9.17) is 4.74 Å². The summed E-state index contributed by atoms with van der Waals surface area (Å²) in [5.74, 6) is -0.255. The lowest BCUT2D eigenvalue weighted by Gasteiger charge is -2.39. The van der Waals surface area contributed by atoms with Crippen LogP contribution in [0.4, 0.5) is 23.7 Å². The van der Waals surface area contributed by atoms with E-state index in [1.165, 1.54) is 12.1 Å². The van der Waals surface area contributed by atoms with Crippen LogP contribution in [0.1, 0.15) is 49.0 Å². The van der Waals surface area contributed by atoms with Gasteiger partial charge in [-0.25, -0.2) is 4.79 Å². The number of carbonyl (C=O) groups is 2. The van der Waals surface area contributed by atoms with Gasteiger partial charge in [0.2, 0.25) is 0 Å². The summed E-state index contributed by atoms with van der Waals surface area (Å²) in [4.78, 5) is 32.0. The highest BCUT2D eigenvalue weighted by Gasteiger charge is 2.31. The Bertz CT molecular complexity index is 1160. The fourth-order valence-corrected chi connectivity index (χ4v) is 5.63. The molecule has 0 radical (unpaired) electrons. The number of hydrogen-bond donors (Lipinski definition) is 1.